The molecule has 1 aliphatic heterocycles. The Labute approximate surface area is 172 Å². The van der Waals surface area contributed by atoms with Gasteiger partial charge >= 0.3 is 0 Å². The van der Waals surface area contributed by atoms with Crippen molar-refractivity contribution >= 4 is 23.2 Å². The van der Waals surface area contributed by atoms with Gasteiger partial charge in [0.1, 0.15) is 6.54 Å². The standard InChI is InChI=1S/C20H33N5O2S/c1-24(2)19(26)15-22-20(23-16-6-3-4-7-16)21-14-17(18-8-5-13-28-18)25-9-11-27-12-10-25/h5,8,13,16-17H,3-4,6-7,9-12,14-15H2,1-2H3,(H2,21,22,23). The second kappa shape index (κ2) is 10.8. The number of morpholine rings is 1. The van der Waals surface area contributed by atoms with Gasteiger partial charge in [0.2, 0.25) is 5.91 Å². The van der Waals surface area contributed by atoms with Crippen LogP contribution in [0.25, 0.3) is 0 Å². The fraction of sp³-hybridized carbons (Fsp3) is 0.700. The van der Waals surface area contributed by atoms with Crippen molar-refractivity contribution in [2.75, 3.05) is 53.5 Å². The molecule has 0 bridgehead atoms. The summed E-state index contributed by atoms with van der Waals surface area (Å²) in [6.07, 6.45) is 4.85. The number of hydrogen-bond acceptors (Lipinski definition) is 5. The molecule has 1 aromatic rings. The second-order valence-electron chi connectivity index (χ2n) is 7.64. The number of carbonyl (C=O) groups excluding carboxylic acids is 1. The first kappa shape index (κ1) is 21.1. The van der Waals surface area contributed by atoms with E-state index in [-0.39, 0.29) is 18.5 Å². The third kappa shape index (κ3) is 6.18. The van der Waals surface area contributed by atoms with Gasteiger partial charge in [-0.05, 0) is 24.3 Å². The summed E-state index contributed by atoms with van der Waals surface area (Å²) < 4.78 is 5.53. The number of nitrogens with zero attached hydrogens (tertiary/aromatic N) is 3. The van der Waals surface area contributed by atoms with Crippen LogP contribution in [0.3, 0.4) is 0 Å². The highest BCUT2D eigenvalue weighted by atomic mass is 32.1. The van der Waals surface area contributed by atoms with Gasteiger partial charge < -0.3 is 20.3 Å². The van der Waals surface area contributed by atoms with Gasteiger partial charge in [-0.25, -0.2) is 4.99 Å². The molecule has 2 fully saturated rings. The highest BCUT2D eigenvalue weighted by Crippen LogP contribution is 2.25. The second-order valence-corrected chi connectivity index (χ2v) is 8.62. The van der Waals surface area contributed by atoms with Crippen molar-refractivity contribution in [3.8, 4) is 0 Å². The van der Waals surface area contributed by atoms with E-state index >= 15 is 0 Å². The highest BCUT2D eigenvalue weighted by Gasteiger charge is 2.24. The van der Waals surface area contributed by atoms with Crippen molar-refractivity contribution < 1.29 is 9.53 Å². The molecule has 1 atom stereocenters. The van der Waals surface area contributed by atoms with Crippen LogP contribution < -0.4 is 10.6 Å². The molecule has 1 aromatic heterocycles. The Kier molecular flexibility index (Phi) is 8.12. The fourth-order valence-electron chi connectivity index (χ4n) is 3.68. The number of nitrogens with one attached hydrogen (secondary N) is 2. The van der Waals surface area contributed by atoms with E-state index in [4.69, 9.17) is 4.74 Å². The first-order valence-corrected chi connectivity index (χ1v) is 11.1. The van der Waals surface area contributed by atoms with Gasteiger partial charge in [0.05, 0.1) is 19.3 Å². The molecule has 3 rings (SSSR count). The van der Waals surface area contributed by atoms with E-state index in [2.05, 4.69) is 38.0 Å². The van der Waals surface area contributed by atoms with Crippen molar-refractivity contribution in [3.63, 3.8) is 0 Å². The van der Waals surface area contributed by atoms with Crippen LogP contribution in [-0.2, 0) is 9.53 Å². The summed E-state index contributed by atoms with van der Waals surface area (Å²) in [6.45, 7) is 4.35. The van der Waals surface area contributed by atoms with E-state index in [1.807, 2.05) is 0 Å². The maximum absolute atomic E-state index is 12.0. The number of amides is 1. The molecule has 1 amide bonds. The van der Waals surface area contributed by atoms with Gasteiger partial charge in [0.15, 0.2) is 5.96 Å². The monoisotopic (exact) mass is 407 g/mol. The largest absolute Gasteiger partial charge is 0.379 e. The number of ether oxygens (including phenoxy) is 1. The van der Waals surface area contributed by atoms with Crippen LogP contribution in [-0.4, -0.2) is 81.2 Å². The zero-order valence-corrected chi connectivity index (χ0v) is 17.8. The maximum atomic E-state index is 12.0. The lowest BCUT2D eigenvalue weighted by atomic mass is 10.2. The molecule has 2 N–H and O–H groups in total. The third-order valence-electron chi connectivity index (χ3n) is 5.39. The van der Waals surface area contributed by atoms with Crippen molar-refractivity contribution in [2.45, 2.75) is 37.8 Å². The van der Waals surface area contributed by atoms with Gasteiger partial charge in [-0.2, -0.15) is 0 Å². The van der Waals surface area contributed by atoms with E-state index in [1.165, 1.54) is 30.6 Å². The van der Waals surface area contributed by atoms with Crippen LogP contribution in [0.1, 0.15) is 36.6 Å². The van der Waals surface area contributed by atoms with Crippen LogP contribution in [0.15, 0.2) is 22.5 Å². The van der Waals surface area contributed by atoms with Gasteiger partial charge in [-0.15, -0.1) is 11.3 Å². The van der Waals surface area contributed by atoms with Crippen LogP contribution in [0, 0.1) is 0 Å². The molecular weight excluding hydrogens is 374 g/mol. The molecule has 1 unspecified atom stereocenters. The number of guanidine groups is 1. The molecule has 2 aliphatic rings. The fourth-order valence-corrected chi connectivity index (χ4v) is 4.54. The zero-order chi connectivity index (χ0) is 19.8. The molecule has 7 nitrogen and oxygen atoms in total. The van der Waals surface area contributed by atoms with Crippen molar-refractivity contribution in [1.82, 2.24) is 20.4 Å². The normalized spacial score (nSPS) is 20.1. The lowest BCUT2D eigenvalue weighted by molar-refractivity contribution is -0.127. The minimum atomic E-state index is 0.00973. The minimum Gasteiger partial charge on any atom is -0.379 e. The van der Waals surface area contributed by atoms with Gasteiger partial charge in [0, 0.05) is 44.6 Å². The SMILES string of the molecule is CN(C)C(=O)CN=C(NCC(c1cccs1)N1CCOCC1)NC1CCCC1. The Bertz CT molecular complexity index is 623. The van der Waals surface area contributed by atoms with E-state index in [0.717, 1.165) is 38.8 Å². The predicted octanol–water partition coefficient (Wildman–Crippen LogP) is 1.69. The summed E-state index contributed by atoms with van der Waals surface area (Å²) in [4.78, 5) is 22.0. The number of thiophene rings is 1. The lowest BCUT2D eigenvalue weighted by Gasteiger charge is -2.34. The molecule has 0 spiro atoms. The van der Waals surface area contributed by atoms with Crippen molar-refractivity contribution in [1.29, 1.82) is 0 Å². The first-order valence-electron chi connectivity index (χ1n) is 10.2. The van der Waals surface area contributed by atoms with E-state index in [9.17, 15) is 4.79 Å². The number of hydrogen-bond donors (Lipinski definition) is 2. The number of likely N-dealkylation sites (N-methyl/N-ethyl adjacent to an activating group) is 1. The minimum absolute atomic E-state index is 0.00973. The van der Waals surface area contributed by atoms with Gasteiger partial charge in [-0.3, -0.25) is 9.69 Å². The number of carbonyl (C=O) groups is 1. The quantitative estimate of drug-likeness (QED) is 0.532. The lowest BCUT2D eigenvalue weighted by Crippen LogP contribution is -2.48. The molecule has 2 heterocycles. The maximum Gasteiger partial charge on any atom is 0.243 e. The number of rotatable bonds is 7. The Balaban J connectivity index is 1.66. The summed E-state index contributed by atoms with van der Waals surface area (Å²) in [6, 6.07) is 5.03. The van der Waals surface area contributed by atoms with E-state index < -0.39 is 0 Å². The third-order valence-corrected chi connectivity index (χ3v) is 6.36. The molecular formula is C20H33N5O2S. The summed E-state index contributed by atoms with van der Waals surface area (Å²) in [7, 11) is 3.53. The molecule has 0 aromatic carbocycles. The molecule has 1 aliphatic carbocycles. The Morgan fingerprint density at radius 3 is 2.75 bits per heavy atom. The molecule has 156 valence electrons. The Morgan fingerprint density at radius 1 is 1.36 bits per heavy atom. The topological polar surface area (TPSA) is 69.2 Å². The molecule has 28 heavy (non-hydrogen) atoms. The first-order chi connectivity index (χ1) is 13.6. The molecule has 0 radical (unpaired) electrons. The Hall–Kier alpha value is -1.64. The summed E-state index contributed by atoms with van der Waals surface area (Å²) in [5, 5.41) is 9.19. The van der Waals surface area contributed by atoms with Crippen LogP contribution >= 0.6 is 11.3 Å². The van der Waals surface area contributed by atoms with Crippen LogP contribution in [0.4, 0.5) is 0 Å². The van der Waals surface area contributed by atoms with Crippen molar-refractivity contribution in [3.05, 3.63) is 22.4 Å². The smallest absolute Gasteiger partial charge is 0.243 e. The van der Waals surface area contributed by atoms with E-state index in [0.29, 0.717) is 6.04 Å². The van der Waals surface area contributed by atoms with E-state index in [1.54, 1.807) is 30.3 Å². The zero-order valence-electron chi connectivity index (χ0n) is 17.0. The average Bonchev–Trinajstić information content (AvgIpc) is 3.41. The number of aliphatic imine (C=N–C) groups is 1. The van der Waals surface area contributed by atoms with Crippen LogP contribution in [0.5, 0.6) is 0 Å². The summed E-state index contributed by atoms with van der Waals surface area (Å²) >= 11 is 1.79. The molecule has 1 saturated heterocycles. The van der Waals surface area contributed by atoms with Gasteiger partial charge in [-0.1, -0.05) is 18.9 Å². The van der Waals surface area contributed by atoms with Crippen molar-refractivity contribution in [2.24, 2.45) is 4.99 Å². The summed E-state index contributed by atoms with van der Waals surface area (Å²) in [5.74, 6) is 0.757. The predicted molar refractivity (Wildman–Crippen MR) is 114 cm³/mol. The highest BCUT2D eigenvalue weighted by molar-refractivity contribution is 7.10. The molecule has 1 saturated carbocycles. The Morgan fingerprint density at radius 2 is 2.11 bits per heavy atom. The summed E-state index contributed by atoms with van der Waals surface area (Å²) in [5.41, 5.74) is 0. The molecule has 8 heteroatoms. The van der Waals surface area contributed by atoms with Crippen LogP contribution in [0.2, 0.25) is 0 Å². The van der Waals surface area contributed by atoms with Gasteiger partial charge in [0.25, 0.3) is 0 Å². The average molecular weight is 408 g/mol.